The number of para-hydroxylation sites is 1. The van der Waals surface area contributed by atoms with Crippen molar-refractivity contribution in [3.8, 4) is 5.75 Å². The maximum Gasteiger partial charge on any atom is 0.327 e. The first-order valence-corrected chi connectivity index (χ1v) is 7.99. The van der Waals surface area contributed by atoms with E-state index >= 15 is 0 Å². The van der Waals surface area contributed by atoms with Crippen molar-refractivity contribution in [1.82, 2.24) is 15.1 Å². The number of nitrogens with zero attached hydrogens (tertiary/aromatic N) is 2. The molecule has 0 aliphatic carbocycles. The van der Waals surface area contributed by atoms with E-state index in [0.29, 0.717) is 0 Å². The molecule has 1 aromatic carbocycles. The number of rotatable bonds is 7. The molecule has 0 radical (unpaired) electrons. The highest BCUT2D eigenvalue weighted by atomic mass is 16.5. The van der Waals surface area contributed by atoms with Crippen LogP contribution in [0.1, 0.15) is 25.8 Å². The molecule has 0 bridgehead atoms. The Morgan fingerprint density at radius 2 is 2.04 bits per heavy atom. The fourth-order valence-electron chi connectivity index (χ4n) is 2.28. The predicted octanol–water partition coefficient (Wildman–Crippen LogP) is 1.37. The zero-order valence-corrected chi connectivity index (χ0v) is 14.2. The molecule has 130 valence electrons. The van der Waals surface area contributed by atoms with Crippen LogP contribution >= 0.6 is 0 Å². The van der Waals surface area contributed by atoms with Gasteiger partial charge >= 0.3 is 6.03 Å². The van der Waals surface area contributed by atoms with Crippen LogP contribution in [0.4, 0.5) is 4.79 Å². The molecular weight excluding hydrogens is 310 g/mol. The van der Waals surface area contributed by atoms with E-state index in [4.69, 9.17) is 4.74 Å². The van der Waals surface area contributed by atoms with Gasteiger partial charge in [0.05, 0.1) is 6.10 Å². The minimum absolute atomic E-state index is 0.0116. The molecule has 1 aliphatic heterocycles. The van der Waals surface area contributed by atoms with Crippen molar-refractivity contribution in [2.45, 2.75) is 32.9 Å². The van der Waals surface area contributed by atoms with Crippen LogP contribution in [0.15, 0.2) is 24.3 Å². The minimum atomic E-state index is -0.448. The van der Waals surface area contributed by atoms with Gasteiger partial charge in [-0.25, -0.2) is 4.79 Å². The Labute approximate surface area is 141 Å². The zero-order chi connectivity index (χ0) is 17.7. The van der Waals surface area contributed by atoms with E-state index in [1.165, 1.54) is 11.9 Å². The number of benzene rings is 1. The summed E-state index contributed by atoms with van der Waals surface area (Å²) in [5.74, 6) is -0.0243. The summed E-state index contributed by atoms with van der Waals surface area (Å²) in [6, 6.07) is 7.03. The van der Waals surface area contributed by atoms with Crippen molar-refractivity contribution in [1.29, 1.82) is 0 Å². The second-order valence-electron chi connectivity index (χ2n) is 5.84. The quantitative estimate of drug-likeness (QED) is 0.765. The van der Waals surface area contributed by atoms with Crippen LogP contribution in [-0.2, 0) is 16.1 Å². The summed E-state index contributed by atoms with van der Waals surface area (Å²) in [6.45, 7) is 4.04. The van der Waals surface area contributed by atoms with E-state index in [1.807, 2.05) is 38.1 Å². The Hall–Kier alpha value is -2.57. The molecular formula is C17H23N3O4. The Kier molecular flexibility index (Phi) is 5.78. The molecule has 0 saturated carbocycles. The van der Waals surface area contributed by atoms with E-state index in [0.717, 1.165) is 22.6 Å². The molecule has 1 fully saturated rings. The standard InChI is InChI=1S/C17H23N3O4/c1-4-12(2)24-14-8-6-5-7-13(14)9-18-15(21)10-20-16(22)11-19(3)17(20)23/h5-8,12H,4,9-11H2,1-3H3,(H,18,21). The number of urea groups is 1. The highest BCUT2D eigenvalue weighted by molar-refractivity contribution is 6.04. The van der Waals surface area contributed by atoms with E-state index in [-0.39, 0.29) is 37.6 Å². The molecule has 1 unspecified atom stereocenters. The smallest absolute Gasteiger partial charge is 0.327 e. The lowest BCUT2D eigenvalue weighted by atomic mass is 10.2. The third-order valence-corrected chi connectivity index (χ3v) is 3.88. The molecule has 2 rings (SSSR count). The molecule has 4 amide bonds. The number of imide groups is 1. The third-order valence-electron chi connectivity index (χ3n) is 3.88. The molecule has 7 heteroatoms. The van der Waals surface area contributed by atoms with Gasteiger partial charge in [-0.05, 0) is 19.4 Å². The van der Waals surface area contributed by atoms with Crippen LogP contribution in [0.25, 0.3) is 0 Å². The summed E-state index contributed by atoms with van der Waals surface area (Å²) < 4.78 is 5.83. The van der Waals surface area contributed by atoms with Gasteiger partial charge in [-0.15, -0.1) is 0 Å². The van der Waals surface area contributed by atoms with Gasteiger partial charge in [0, 0.05) is 19.2 Å². The van der Waals surface area contributed by atoms with Gasteiger partial charge in [-0.3, -0.25) is 14.5 Å². The highest BCUT2D eigenvalue weighted by Crippen LogP contribution is 2.20. The molecule has 1 aliphatic rings. The molecule has 0 aromatic heterocycles. The number of ether oxygens (including phenoxy) is 1. The van der Waals surface area contributed by atoms with Gasteiger partial charge in [-0.1, -0.05) is 25.1 Å². The topological polar surface area (TPSA) is 79.0 Å². The van der Waals surface area contributed by atoms with Crippen molar-refractivity contribution in [2.24, 2.45) is 0 Å². The Bertz CT molecular complexity index is 632. The number of hydrogen-bond acceptors (Lipinski definition) is 4. The SMILES string of the molecule is CCC(C)Oc1ccccc1CNC(=O)CN1C(=O)CN(C)C1=O. The van der Waals surface area contributed by atoms with Crippen molar-refractivity contribution >= 4 is 17.8 Å². The average molecular weight is 333 g/mol. The number of amides is 4. The highest BCUT2D eigenvalue weighted by Gasteiger charge is 2.34. The van der Waals surface area contributed by atoms with E-state index in [1.54, 1.807) is 0 Å². The molecule has 7 nitrogen and oxygen atoms in total. The normalized spacial score (nSPS) is 15.6. The summed E-state index contributed by atoms with van der Waals surface area (Å²) in [6.07, 6.45) is 0.963. The predicted molar refractivity (Wildman–Crippen MR) is 88.4 cm³/mol. The second kappa shape index (κ2) is 7.81. The first-order valence-electron chi connectivity index (χ1n) is 7.99. The largest absolute Gasteiger partial charge is 0.490 e. The van der Waals surface area contributed by atoms with Gasteiger partial charge in [0.25, 0.3) is 5.91 Å². The lowest BCUT2D eigenvalue weighted by Gasteiger charge is -2.17. The second-order valence-corrected chi connectivity index (χ2v) is 5.84. The first kappa shape index (κ1) is 17.8. The molecule has 24 heavy (non-hydrogen) atoms. The molecule has 1 atom stereocenters. The van der Waals surface area contributed by atoms with Gasteiger partial charge < -0.3 is 15.0 Å². The van der Waals surface area contributed by atoms with Gasteiger partial charge in [0.1, 0.15) is 18.8 Å². The summed E-state index contributed by atoms with van der Waals surface area (Å²) in [7, 11) is 1.53. The Morgan fingerprint density at radius 3 is 2.67 bits per heavy atom. The number of carbonyl (C=O) groups excluding carboxylic acids is 3. The number of likely N-dealkylation sites (N-methyl/N-ethyl adjacent to an activating group) is 1. The average Bonchev–Trinajstić information content (AvgIpc) is 2.80. The third kappa shape index (κ3) is 4.24. The van der Waals surface area contributed by atoms with E-state index < -0.39 is 6.03 Å². The van der Waals surface area contributed by atoms with Gasteiger partial charge in [0.2, 0.25) is 5.91 Å². The Balaban J connectivity index is 1.92. The summed E-state index contributed by atoms with van der Waals surface area (Å²) in [4.78, 5) is 37.7. The molecule has 1 N–H and O–H groups in total. The van der Waals surface area contributed by atoms with Crippen molar-refractivity contribution in [2.75, 3.05) is 20.1 Å². The van der Waals surface area contributed by atoms with Crippen LogP contribution in [0.5, 0.6) is 5.75 Å². The van der Waals surface area contributed by atoms with Gasteiger partial charge in [0.15, 0.2) is 0 Å². The van der Waals surface area contributed by atoms with E-state index in [2.05, 4.69) is 5.32 Å². The van der Waals surface area contributed by atoms with Crippen LogP contribution in [0, 0.1) is 0 Å². The number of carbonyl (C=O) groups is 3. The lowest BCUT2D eigenvalue weighted by molar-refractivity contribution is -0.130. The molecule has 1 heterocycles. The molecule has 1 aromatic rings. The van der Waals surface area contributed by atoms with Crippen LogP contribution in [-0.4, -0.2) is 53.9 Å². The fraction of sp³-hybridized carbons (Fsp3) is 0.471. The fourth-order valence-corrected chi connectivity index (χ4v) is 2.28. The number of nitrogens with one attached hydrogen (secondary N) is 1. The molecule has 1 saturated heterocycles. The zero-order valence-electron chi connectivity index (χ0n) is 14.2. The number of hydrogen-bond donors (Lipinski definition) is 1. The van der Waals surface area contributed by atoms with Crippen molar-refractivity contribution in [3.63, 3.8) is 0 Å². The maximum absolute atomic E-state index is 12.0. The van der Waals surface area contributed by atoms with Gasteiger partial charge in [-0.2, -0.15) is 0 Å². The van der Waals surface area contributed by atoms with Crippen LogP contribution < -0.4 is 10.1 Å². The first-order chi connectivity index (χ1) is 11.4. The summed E-state index contributed by atoms with van der Waals surface area (Å²) in [5.41, 5.74) is 0.849. The monoisotopic (exact) mass is 333 g/mol. The minimum Gasteiger partial charge on any atom is -0.490 e. The van der Waals surface area contributed by atoms with Crippen LogP contribution in [0.2, 0.25) is 0 Å². The summed E-state index contributed by atoms with van der Waals surface area (Å²) in [5, 5.41) is 2.73. The Morgan fingerprint density at radius 1 is 1.33 bits per heavy atom. The molecule has 0 spiro atoms. The van der Waals surface area contributed by atoms with Crippen molar-refractivity contribution in [3.05, 3.63) is 29.8 Å². The maximum atomic E-state index is 12.0. The summed E-state index contributed by atoms with van der Waals surface area (Å²) >= 11 is 0. The van der Waals surface area contributed by atoms with Crippen molar-refractivity contribution < 1.29 is 19.1 Å². The van der Waals surface area contributed by atoms with E-state index in [9.17, 15) is 14.4 Å². The van der Waals surface area contributed by atoms with Crippen LogP contribution in [0.3, 0.4) is 0 Å². The lowest BCUT2D eigenvalue weighted by Crippen LogP contribution is -2.40.